The molecule has 0 aromatic carbocycles. The second-order valence-electron chi connectivity index (χ2n) is 4.29. The molecule has 0 fully saturated rings. The average molecular weight is 249 g/mol. The molecule has 6 heteroatoms. The predicted octanol–water partition coefficient (Wildman–Crippen LogP) is 0.760. The molecule has 2 rings (SSSR count). The summed E-state index contributed by atoms with van der Waals surface area (Å²) >= 11 is 0. The molecule has 2 aromatic rings. The van der Waals surface area contributed by atoms with Crippen molar-refractivity contribution in [2.24, 2.45) is 0 Å². The lowest BCUT2D eigenvalue weighted by molar-refractivity contribution is 0.199. The zero-order valence-corrected chi connectivity index (χ0v) is 11.0. The molecule has 0 aliphatic heterocycles. The van der Waals surface area contributed by atoms with Gasteiger partial charge in [0.25, 0.3) is 0 Å². The SMILES string of the molecule is COCCNCc1nc2nc(N(C)C)ccc2[nH]1. The number of H-pyrrole nitrogens is 1. The Kier molecular flexibility index (Phi) is 4.11. The van der Waals surface area contributed by atoms with Gasteiger partial charge in [-0.3, -0.25) is 0 Å². The summed E-state index contributed by atoms with van der Waals surface area (Å²) in [5, 5.41) is 3.24. The number of methoxy groups -OCH3 is 1. The summed E-state index contributed by atoms with van der Waals surface area (Å²) in [5.74, 6) is 1.80. The van der Waals surface area contributed by atoms with Crippen LogP contribution in [-0.4, -0.2) is 49.3 Å². The minimum Gasteiger partial charge on any atom is -0.383 e. The molecule has 2 N–H and O–H groups in total. The predicted molar refractivity (Wildman–Crippen MR) is 71.8 cm³/mol. The largest absolute Gasteiger partial charge is 0.383 e. The average Bonchev–Trinajstić information content (AvgIpc) is 2.76. The molecule has 0 aliphatic carbocycles. The molecule has 98 valence electrons. The van der Waals surface area contributed by atoms with Crippen LogP contribution in [0.4, 0.5) is 5.82 Å². The van der Waals surface area contributed by atoms with Crippen LogP contribution in [-0.2, 0) is 11.3 Å². The monoisotopic (exact) mass is 249 g/mol. The molecule has 0 aliphatic rings. The van der Waals surface area contributed by atoms with Crippen LogP contribution in [0.2, 0.25) is 0 Å². The molecule has 2 aromatic heterocycles. The highest BCUT2D eigenvalue weighted by Crippen LogP contribution is 2.14. The number of ether oxygens (including phenoxy) is 1. The van der Waals surface area contributed by atoms with Gasteiger partial charge in [-0.15, -0.1) is 0 Å². The van der Waals surface area contributed by atoms with Gasteiger partial charge in [-0.05, 0) is 12.1 Å². The fourth-order valence-electron chi connectivity index (χ4n) is 1.65. The van der Waals surface area contributed by atoms with Gasteiger partial charge in [0.1, 0.15) is 11.6 Å². The second kappa shape index (κ2) is 5.79. The Balaban J connectivity index is 2.07. The Morgan fingerprint density at radius 1 is 1.33 bits per heavy atom. The molecule has 0 radical (unpaired) electrons. The first-order chi connectivity index (χ1) is 8.70. The van der Waals surface area contributed by atoms with Crippen LogP contribution in [0.1, 0.15) is 5.82 Å². The lowest BCUT2D eigenvalue weighted by Crippen LogP contribution is -2.19. The zero-order chi connectivity index (χ0) is 13.0. The fraction of sp³-hybridized carbons (Fsp3) is 0.500. The molecular weight excluding hydrogens is 230 g/mol. The molecule has 6 nitrogen and oxygen atoms in total. The van der Waals surface area contributed by atoms with E-state index in [4.69, 9.17) is 4.74 Å². The van der Waals surface area contributed by atoms with E-state index in [-0.39, 0.29) is 0 Å². The number of pyridine rings is 1. The molecule has 18 heavy (non-hydrogen) atoms. The molecule has 0 saturated carbocycles. The summed E-state index contributed by atoms with van der Waals surface area (Å²) in [5.41, 5.74) is 1.72. The smallest absolute Gasteiger partial charge is 0.179 e. The summed E-state index contributed by atoms with van der Waals surface area (Å²) in [4.78, 5) is 14.1. The summed E-state index contributed by atoms with van der Waals surface area (Å²) in [6, 6.07) is 3.98. The number of fused-ring (bicyclic) bond motifs is 1. The Hall–Kier alpha value is -1.66. The quantitative estimate of drug-likeness (QED) is 0.740. The van der Waals surface area contributed by atoms with Crippen molar-refractivity contribution in [2.75, 3.05) is 39.3 Å². The molecular formula is C12H19N5O. The maximum absolute atomic E-state index is 4.97. The van der Waals surface area contributed by atoms with Gasteiger partial charge in [0.2, 0.25) is 0 Å². The van der Waals surface area contributed by atoms with Crippen LogP contribution in [0.25, 0.3) is 11.2 Å². The first-order valence-electron chi connectivity index (χ1n) is 5.93. The van der Waals surface area contributed by atoms with E-state index in [0.29, 0.717) is 13.2 Å². The van der Waals surface area contributed by atoms with E-state index in [2.05, 4.69) is 20.3 Å². The van der Waals surface area contributed by atoms with Crippen molar-refractivity contribution in [3.8, 4) is 0 Å². The first kappa shape index (κ1) is 12.8. The van der Waals surface area contributed by atoms with Crippen LogP contribution in [0.15, 0.2) is 12.1 Å². The molecule has 0 bridgehead atoms. The van der Waals surface area contributed by atoms with Crippen molar-refractivity contribution in [1.82, 2.24) is 20.3 Å². The number of nitrogens with one attached hydrogen (secondary N) is 2. The number of rotatable bonds is 6. The highest BCUT2D eigenvalue weighted by atomic mass is 16.5. The molecule has 0 unspecified atom stereocenters. The van der Waals surface area contributed by atoms with Gasteiger partial charge in [0, 0.05) is 27.7 Å². The lowest BCUT2D eigenvalue weighted by atomic mass is 10.4. The highest BCUT2D eigenvalue weighted by molar-refractivity contribution is 5.73. The Labute approximate surface area is 106 Å². The third-order valence-corrected chi connectivity index (χ3v) is 2.61. The maximum Gasteiger partial charge on any atom is 0.179 e. The van der Waals surface area contributed by atoms with Crippen molar-refractivity contribution in [2.45, 2.75) is 6.54 Å². The molecule has 0 atom stereocenters. The summed E-state index contributed by atoms with van der Waals surface area (Å²) in [6.45, 7) is 2.20. The topological polar surface area (TPSA) is 66.1 Å². The Morgan fingerprint density at radius 2 is 2.17 bits per heavy atom. The van der Waals surface area contributed by atoms with E-state index in [9.17, 15) is 0 Å². The number of nitrogens with zero attached hydrogens (tertiary/aromatic N) is 3. The maximum atomic E-state index is 4.97. The fourth-order valence-corrected chi connectivity index (χ4v) is 1.65. The van der Waals surface area contributed by atoms with Gasteiger partial charge < -0.3 is 19.9 Å². The van der Waals surface area contributed by atoms with E-state index >= 15 is 0 Å². The van der Waals surface area contributed by atoms with Crippen molar-refractivity contribution in [3.63, 3.8) is 0 Å². The Bertz CT molecular complexity index is 508. The van der Waals surface area contributed by atoms with Crippen LogP contribution in [0, 0.1) is 0 Å². The number of aromatic nitrogens is 3. The summed E-state index contributed by atoms with van der Waals surface area (Å²) in [6.07, 6.45) is 0. The van der Waals surface area contributed by atoms with E-state index in [1.807, 2.05) is 31.1 Å². The van der Waals surface area contributed by atoms with E-state index in [1.54, 1.807) is 7.11 Å². The number of aromatic amines is 1. The van der Waals surface area contributed by atoms with Crippen molar-refractivity contribution in [1.29, 1.82) is 0 Å². The first-order valence-corrected chi connectivity index (χ1v) is 5.93. The lowest BCUT2D eigenvalue weighted by Gasteiger charge is -2.09. The van der Waals surface area contributed by atoms with Crippen LogP contribution < -0.4 is 10.2 Å². The van der Waals surface area contributed by atoms with Crippen molar-refractivity contribution >= 4 is 17.0 Å². The van der Waals surface area contributed by atoms with Gasteiger partial charge in [0.15, 0.2) is 5.65 Å². The Morgan fingerprint density at radius 3 is 2.89 bits per heavy atom. The van der Waals surface area contributed by atoms with Crippen LogP contribution >= 0.6 is 0 Å². The third kappa shape index (κ3) is 2.96. The minimum absolute atomic E-state index is 0.691. The molecule has 0 amide bonds. The van der Waals surface area contributed by atoms with Gasteiger partial charge in [-0.1, -0.05) is 0 Å². The van der Waals surface area contributed by atoms with Gasteiger partial charge in [-0.25, -0.2) is 9.97 Å². The zero-order valence-electron chi connectivity index (χ0n) is 11.0. The van der Waals surface area contributed by atoms with E-state index in [0.717, 1.165) is 29.4 Å². The van der Waals surface area contributed by atoms with Gasteiger partial charge in [0.05, 0.1) is 18.7 Å². The number of hydrogen-bond acceptors (Lipinski definition) is 5. The van der Waals surface area contributed by atoms with Crippen molar-refractivity contribution < 1.29 is 4.74 Å². The summed E-state index contributed by atoms with van der Waals surface area (Å²) in [7, 11) is 5.62. The number of anilines is 1. The van der Waals surface area contributed by atoms with Gasteiger partial charge in [-0.2, -0.15) is 0 Å². The normalized spacial score (nSPS) is 11.1. The third-order valence-electron chi connectivity index (χ3n) is 2.61. The van der Waals surface area contributed by atoms with Crippen molar-refractivity contribution in [3.05, 3.63) is 18.0 Å². The van der Waals surface area contributed by atoms with E-state index in [1.165, 1.54) is 0 Å². The second-order valence-corrected chi connectivity index (χ2v) is 4.29. The standard InChI is InChI=1S/C12H19N5O/c1-17(2)11-5-4-9-12(16-11)15-10(14-9)8-13-6-7-18-3/h4-5,13H,6-8H2,1-3H3,(H,14,15,16). The minimum atomic E-state index is 0.691. The van der Waals surface area contributed by atoms with E-state index < -0.39 is 0 Å². The number of hydrogen-bond donors (Lipinski definition) is 2. The number of imidazole rings is 1. The van der Waals surface area contributed by atoms with Gasteiger partial charge >= 0.3 is 0 Å². The molecule has 0 saturated heterocycles. The molecule has 0 spiro atoms. The molecule has 2 heterocycles. The highest BCUT2D eigenvalue weighted by Gasteiger charge is 2.05. The van der Waals surface area contributed by atoms with Crippen LogP contribution in [0.5, 0.6) is 0 Å². The van der Waals surface area contributed by atoms with Crippen LogP contribution in [0.3, 0.4) is 0 Å². The summed E-state index contributed by atoms with van der Waals surface area (Å²) < 4.78 is 4.97.